The van der Waals surface area contributed by atoms with Crippen LogP contribution in [-0.4, -0.2) is 73.2 Å². The average molecular weight is 316 g/mol. The van der Waals surface area contributed by atoms with Gasteiger partial charge in [0, 0.05) is 45.3 Å². The highest BCUT2D eigenvalue weighted by Crippen LogP contribution is 2.40. The summed E-state index contributed by atoms with van der Waals surface area (Å²) in [6.07, 6.45) is 4.98. The highest BCUT2D eigenvalue weighted by Gasteiger charge is 2.46. The van der Waals surface area contributed by atoms with E-state index in [2.05, 4.69) is 15.1 Å². The molecule has 120 valence electrons. The normalized spacial score (nSPS) is 39.5. The summed E-state index contributed by atoms with van der Waals surface area (Å²) in [7, 11) is 0. The van der Waals surface area contributed by atoms with Crippen LogP contribution in [0.1, 0.15) is 25.7 Å². The number of carbonyl (C=O) groups excluding carboxylic acids is 1. The van der Waals surface area contributed by atoms with Gasteiger partial charge in [-0.25, -0.2) is 0 Å². The van der Waals surface area contributed by atoms with E-state index in [0.29, 0.717) is 18.1 Å². The van der Waals surface area contributed by atoms with Crippen molar-refractivity contribution in [2.45, 2.75) is 43.9 Å². The molecule has 0 aliphatic carbocycles. The molecule has 0 aromatic heterocycles. The van der Waals surface area contributed by atoms with Gasteiger partial charge >= 0.3 is 0 Å². The molecule has 4 aliphatic rings. The number of fused-ring (bicyclic) bond motifs is 2. The lowest BCUT2D eigenvalue weighted by atomic mass is 9.88. The molecule has 0 radical (unpaired) electrons. The number of halogens is 1. The van der Waals surface area contributed by atoms with E-state index < -0.39 is 0 Å². The van der Waals surface area contributed by atoms with Crippen molar-refractivity contribution in [2.75, 3.05) is 39.3 Å². The molecule has 4 fully saturated rings. The Morgan fingerprint density at radius 1 is 1.10 bits per heavy atom. The van der Waals surface area contributed by atoms with Crippen LogP contribution in [0.15, 0.2) is 0 Å². The zero-order valence-electron chi connectivity index (χ0n) is 12.5. The van der Waals surface area contributed by atoms with Crippen molar-refractivity contribution in [1.29, 1.82) is 0 Å². The summed E-state index contributed by atoms with van der Waals surface area (Å²) < 4.78 is 5.84. The SMILES string of the molecule is Cl.O=C(C1CC2CCC1O2)N1CCC(N2CCNCC2)C1. The van der Waals surface area contributed by atoms with E-state index >= 15 is 0 Å². The summed E-state index contributed by atoms with van der Waals surface area (Å²) in [4.78, 5) is 17.4. The zero-order chi connectivity index (χ0) is 13.5. The van der Waals surface area contributed by atoms with E-state index in [9.17, 15) is 4.79 Å². The van der Waals surface area contributed by atoms with Crippen LogP contribution >= 0.6 is 12.4 Å². The molecule has 0 aromatic rings. The van der Waals surface area contributed by atoms with E-state index in [4.69, 9.17) is 4.74 Å². The van der Waals surface area contributed by atoms with Gasteiger partial charge < -0.3 is 15.0 Å². The van der Waals surface area contributed by atoms with Crippen LogP contribution in [-0.2, 0) is 9.53 Å². The van der Waals surface area contributed by atoms with Crippen molar-refractivity contribution in [1.82, 2.24) is 15.1 Å². The Morgan fingerprint density at radius 2 is 1.90 bits per heavy atom. The molecule has 4 heterocycles. The van der Waals surface area contributed by atoms with Gasteiger partial charge in [-0.3, -0.25) is 9.69 Å². The minimum absolute atomic E-state index is 0. The molecule has 4 saturated heterocycles. The molecule has 4 aliphatic heterocycles. The average Bonchev–Trinajstić information content (AvgIpc) is 3.23. The molecular weight excluding hydrogens is 290 g/mol. The molecule has 4 atom stereocenters. The highest BCUT2D eigenvalue weighted by atomic mass is 35.5. The first kappa shape index (κ1) is 15.5. The summed E-state index contributed by atoms with van der Waals surface area (Å²) in [5.74, 6) is 0.533. The Morgan fingerprint density at radius 3 is 2.57 bits per heavy atom. The maximum atomic E-state index is 12.7. The van der Waals surface area contributed by atoms with E-state index in [1.807, 2.05) is 0 Å². The molecule has 0 aromatic carbocycles. The van der Waals surface area contributed by atoms with Crippen molar-refractivity contribution in [3.05, 3.63) is 0 Å². The monoisotopic (exact) mass is 315 g/mol. The van der Waals surface area contributed by atoms with E-state index in [0.717, 1.165) is 65.0 Å². The predicted octanol–water partition coefficient (Wildman–Crippen LogP) is 0.482. The molecule has 1 N–H and O–H groups in total. The number of ether oxygens (including phenoxy) is 1. The Labute approximate surface area is 132 Å². The van der Waals surface area contributed by atoms with Crippen LogP contribution in [0.2, 0.25) is 0 Å². The number of rotatable bonds is 2. The minimum atomic E-state index is 0. The maximum absolute atomic E-state index is 12.7. The fraction of sp³-hybridized carbons (Fsp3) is 0.933. The summed E-state index contributed by atoms with van der Waals surface area (Å²) >= 11 is 0. The molecule has 6 heteroatoms. The number of hydrogen-bond donors (Lipinski definition) is 1. The van der Waals surface area contributed by atoms with Gasteiger partial charge in [-0.15, -0.1) is 12.4 Å². The summed E-state index contributed by atoms with van der Waals surface area (Å²) in [6, 6.07) is 0.584. The van der Waals surface area contributed by atoms with Gasteiger partial charge in [0.05, 0.1) is 18.1 Å². The smallest absolute Gasteiger partial charge is 0.228 e. The lowest BCUT2D eigenvalue weighted by Crippen LogP contribution is -2.49. The summed E-state index contributed by atoms with van der Waals surface area (Å²) in [5, 5.41) is 3.40. The lowest BCUT2D eigenvalue weighted by Gasteiger charge is -2.33. The van der Waals surface area contributed by atoms with Crippen molar-refractivity contribution >= 4 is 18.3 Å². The summed E-state index contributed by atoms with van der Waals surface area (Å²) in [5.41, 5.74) is 0. The maximum Gasteiger partial charge on any atom is 0.228 e. The number of nitrogens with zero attached hydrogens (tertiary/aromatic N) is 2. The second-order valence-electron chi connectivity index (χ2n) is 6.73. The van der Waals surface area contributed by atoms with Crippen molar-refractivity contribution in [3.8, 4) is 0 Å². The van der Waals surface area contributed by atoms with Gasteiger partial charge in [-0.1, -0.05) is 0 Å². The van der Waals surface area contributed by atoms with Crippen LogP contribution in [0.25, 0.3) is 0 Å². The molecule has 0 spiro atoms. The van der Waals surface area contributed by atoms with E-state index in [-0.39, 0.29) is 24.4 Å². The Bertz CT molecular complexity index is 389. The van der Waals surface area contributed by atoms with Gasteiger partial charge in [0.25, 0.3) is 0 Å². The van der Waals surface area contributed by atoms with E-state index in [1.165, 1.54) is 0 Å². The van der Waals surface area contributed by atoms with Crippen molar-refractivity contribution < 1.29 is 9.53 Å². The van der Waals surface area contributed by atoms with Gasteiger partial charge in [-0.2, -0.15) is 0 Å². The molecule has 2 bridgehead atoms. The van der Waals surface area contributed by atoms with Crippen LogP contribution in [0, 0.1) is 5.92 Å². The first-order valence-electron chi connectivity index (χ1n) is 8.20. The minimum Gasteiger partial charge on any atom is -0.374 e. The second-order valence-corrected chi connectivity index (χ2v) is 6.73. The van der Waals surface area contributed by atoms with Crippen LogP contribution < -0.4 is 5.32 Å². The molecule has 4 unspecified atom stereocenters. The fourth-order valence-electron chi connectivity index (χ4n) is 4.42. The van der Waals surface area contributed by atoms with Crippen LogP contribution in [0.3, 0.4) is 0 Å². The molecular formula is C15H26ClN3O2. The topological polar surface area (TPSA) is 44.8 Å². The highest BCUT2D eigenvalue weighted by molar-refractivity contribution is 5.85. The third-order valence-electron chi connectivity index (χ3n) is 5.57. The molecule has 5 nitrogen and oxygen atoms in total. The number of carbonyl (C=O) groups is 1. The third kappa shape index (κ3) is 2.93. The fourth-order valence-corrected chi connectivity index (χ4v) is 4.42. The molecule has 21 heavy (non-hydrogen) atoms. The number of nitrogens with one attached hydrogen (secondary N) is 1. The van der Waals surface area contributed by atoms with Gasteiger partial charge in [0.15, 0.2) is 0 Å². The lowest BCUT2D eigenvalue weighted by molar-refractivity contribution is -0.136. The largest absolute Gasteiger partial charge is 0.374 e. The molecule has 1 amide bonds. The van der Waals surface area contributed by atoms with Gasteiger partial charge in [0.2, 0.25) is 5.91 Å². The van der Waals surface area contributed by atoms with Crippen molar-refractivity contribution in [2.24, 2.45) is 5.92 Å². The second kappa shape index (κ2) is 6.41. The first-order valence-corrected chi connectivity index (χ1v) is 8.20. The Hall–Kier alpha value is -0.360. The number of hydrogen-bond acceptors (Lipinski definition) is 4. The van der Waals surface area contributed by atoms with Gasteiger partial charge in [0.1, 0.15) is 0 Å². The summed E-state index contributed by atoms with van der Waals surface area (Å²) in [6.45, 7) is 6.32. The zero-order valence-corrected chi connectivity index (χ0v) is 13.3. The number of piperazine rings is 1. The number of likely N-dealkylation sites (tertiary alicyclic amines) is 1. The third-order valence-corrected chi connectivity index (χ3v) is 5.57. The van der Waals surface area contributed by atoms with Crippen molar-refractivity contribution in [3.63, 3.8) is 0 Å². The molecule has 4 rings (SSSR count). The van der Waals surface area contributed by atoms with E-state index in [1.54, 1.807) is 0 Å². The standard InChI is InChI=1S/C15H25N3O2.ClH/c19-15(13-9-12-1-2-14(13)20-12)18-6-3-11(10-18)17-7-4-16-5-8-17;/h11-14,16H,1-10H2;1H. The van der Waals surface area contributed by atoms with Gasteiger partial charge in [-0.05, 0) is 25.7 Å². The number of amides is 1. The van der Waals surface area contributed by atoms with Crippen LogP contribution in [0.5, 0.6) is 0 Å². The first-order chi connectivity index (χ1) is 9.81. The Kier molecular flexibility index (Phi) is 4.74. The Balaban J connectivity index is 0.00000132. The van der Waals surface area contributed by atoms with Crippen LogP contribution in [0.4, 0.5) is 0 Å². The quantitative estimate of drug-likeness (QED) is 0.805. The molecule has 0 saturated carbocycles. The predicted molar refractivity (Wildman–Crippen MR) is 82.7 cm³/mol.